The van der Waals surface area contributed by atoms with Crippen LogP contribution in [0.25, 0.3) is 0 Å². The number of halogens is 2. The molecule has 0 aromatic carbocycles. The second-order valence-corrected chi connectivity index (χ2v) is 7.18. The molecule has 0 aliphatic carbocycles. The van der Waals surface area contributed by atoms with Gasteiger partial charge in [-0.1, -0.05) is 39.3 Å². The van der Waals surface area contributed by atoms with E-state index in [9.17, 15) is 0 Å². The fourth-order valence-electron chi connectivity index (χ4n) is 1.26. The van der Waals surface area contributed by atoms with Crippen molar-refractivity contribution in [2.75, 3.05) is 0 Å². The van der Waals surface area contributed by atoms with Crippen LogP contribution >= 0.6 is 46.0 Å². The number of nitrogens with zero attached hydrogens (tertiary/aromatic N) is 2. The molecule has 0 fully saturated rings. The molecule has 1 atom stereocenters. The quantitative estimate of drug-likeness (QED) is 0.534. The first-order chi connectivity index (χ1) is 7.95. The van der Waals surface area contributed by atoms with Gasteiger partial charge in [0.1, 0.15) is 11.0 Å². The third-order valence-electron chi connectivity index (χ3n) is 2.50. The molecule has 17 heavy (non-hydrogen) atoms. The van der Waals surface area contributed by atoms with E-state index in [-0.39, 0.29) is 0 Å². The minimum atomic E-state index is 0.384. The Bertz CT molecular complexity index is 385. The van der Waals surface area contributed by atoms with Gasteiger partial charge in [-0.25, -0.2) is 9.97 Å². The SMILES string of the molecule is CCC(C)SCc1nc(Cl)c(I)c(C(C)C)n1. The summed E-state index contributed by atoms with van der Waals surface area (Å²) in [4.78, 5) is 8.96. The second kappa shape index (κ2) is 7.14. The van der Waals surface area contributed by atoms with Gasteiger partial charge >= 0.3 is 0 Å². The molecule has 0 aliphatic heterocycles. The zero-order valence-electron chi connectivity index (χ0n) is 10.6. The maximum atomic E-state index is 6.14. The summed E-state index contributed by atoms with van der Waals surface area (Å²) in [7, 11) is 0. The first-order valence-corrected chi connectivity index (χ1v) is 8.29. The molecule has 0 saturated carbocycles. The molecule has 1 aromatic heterocycles. The largest absolute Gasteiger partial charge is 0.236 e. The van der Waals surface area contributed by atoms with Crippen molar-refractivity contribution < 1.29 is 0 Å². The zero-order chi connectivity index (χ0) is 13.0. The van der Waals surface area contributed by atoms with Crippen molar-refractivity contribution in [2.45, 2.75) is 51.0 Å². The minimum absolute atomic E-state index is 0.384. The normalized spacial score (nSPS) is 13.1. The summed E-state index contributed by atoms with van der Waals surface area (Å²) in [5, 5.41) is 1.23. The molecule has 0 radical (unpaired) electrons. The van der Waals surface area contributed by atoms with Crippen LogP contribution in [0.5, 0.6) is 0 Å². The number of aromatic nitrogens is 2. The molecule has 96 valence electrons. The molecule has 0 N–H and O–H groups in total. The molecule has 1 aromatic rings. The van der Waals surface area contributed by atoms with Gasteiger partial charge in [-0.2, -0.15) is 11.8 Å². The lowest BCUT2D eigenvalue weighted by molar-refractivity contribution is 0.790. The highest BCUT2D eigenvalue weighted by Crippen LogP contribution is 2.26. The van der Waals surface area contributed by atoms with E-state index >= 15 is 0 Å². The Balaban J connectivity index is 2.87. The van der Waals surface area contributed by atoms with Gasteiger partial charge in [-0.15, -0.1) is 0 Å². The highest BCUT2D eigenvalue weighted by Gasteiger charge is 2.14. The third-order valence-corrected chi connectivity index (χ3v) is 5.48. The van der Waals surface area contributed by atoms with E-state index in [1.54, 1.807) is 0 Å². The maximum Gasteiger partial charge on any atom is 0.146 e. The Morgan fingerprint density at radius 1 is 1.29 bits per heavy atom. The standard InChI is InChI=1S/C12H18ClIN2S/c1-5-8(4)17-6-9-15-11(7(2)3)10(14)12(13)16-9/h7-8H,5-6H2,1-4H3. The topological polar surface area (TPSA) is 25.8 Å². The fraction of sp³-hybridized carbons (Fsp3) is 0.667. The summed E-state index contributed by atoms with van der Waals surface area (Å²) in [6, 6.07) is 0. The summed E-state index contributed by atoms with van der Waals surface area (Å²) in [5.74, 6) is 2.07. The number of hydrogen-bond donors (Lipinski definition) is 0. The smallest absolute Gasteiger partial charge is 0.146 e. The van der Waals surface area contributed by atoms with E-state index in [1.807, 2.05) is 11.8 Å². The van der Waals surface area contributed by atoms with Crippen molar-refractivity contribution in [3.05, 3.63) is 20.2 Å². The average Bonchev–Trinajstić information content (AvgIpc) is 2.29. The average molecular weight is 385 g/mol. The van der Waals surface area contributed by atoms with Crippen LogP contribution in [-0.4, -0.2) is 15.2 Å². The van der Waals surface area contributed by atoms with Crippen LogP contribution in [0.3, 0.4) is 0 Å². The first-order valence-electron chi connectivity index (χ1n) is 5.79. The van der Waals surface area contributed by atoms with Crippen LogP contribution < -0.4 is 0 Å². The van der Waals surface area contributed by atoms with E-state index in [0.29, 0.717) is 16.3 Å². The van der Waals surface area contributed by atoms with Crippen molar-refractivity contribution in [3.63, 3.8) is 0 Å². The lowest BCUT2D eigenvalue weighted by Crippen LogP contribution is -2.05. The van der Waals surface area contributed by atoms with Crippen molar-refractivity contribution in [1.29, 1.82) is 0 Å². The lowest BCUT2D eigenvalue weighted by Gasteiger charge is -2.12. The van der Waals surface area contributed by atoms with Gasteiger partial charge in [-0.05, 0) is 34.9 Å². The van der Waals surface area contributed by atoms with E-state index in [0.717, 1.165) is 20.8 Å². The van der Waals surface area contributed by atoms with Gasteiger partial charge in [0.25, 0.3) is 0 Å². The van der Waals surface area contributed by atoms with Gasteiger partial charge in [-0.3, -0.25) is 0 Å². The molecule has 0 saturated heterocycles. The minimum Gasteiger partial charge on any atom is -0.236 e. The second-order valence-electron chi connectivity index (χ2n) is 4.31. The molecule has 0 amide bonds. The predicted molar refractivity (Wildman–Crippen MR) is 84.9 cm³/mol. The van der Waals surface area contributed by atoms with Gasteiger partial charge in [0.05, 0.1) is 15.0 Å². The number of hydrogen-bond acceptors (Lipinski definition) is 3. The van der Waals surface area contributed by atoms with Gasteiger partial charge in [0.15, 0.2) is 0 Å². The summed E-state index contributed by atoms with van der Waals surface area (Å²) in [6.07, 6.45) is 1.17. The van der Waals surface area contributed by atoms with Crippen LogP contribution in [-0.2, 0) is 5.75 Å². The summed E-state index contributed by atoms with van der Waals surface area (Å²) in [6.45, 7) is 8.68. The lowest BCUT2D eigenvalue weighted by atomic mass is 10.1. The summed E-state index contributed by atoms with van der Waals surface area (Å²) in [5.41, 5.74) is 1.06. The Labute approximate surface area is 126 Å². The Hall–Kier alpha value is 0.450. The maximum absolute atomic E-state index is 6.14. The molecule has 0 spiro atoms. The summed E-state index contributed by atoms with van der Waals surface area (Å²) >= 11 is 10.2. The molecular formula is C12H18ClIN2S. The fourth-order valence-corrected chi connectivity index (χ4v) is 3.12. The highest BCUT2D eigenvalue weighted by atomic mass is 127. The van der Waals surface area contributed by atoms with Gasteiger partial charge in [0.2, 0.25) is 0 Å². The van der Waals surface area contributed by atoms with Crippen molar-refractivity contribution in [3.8, 4) is 0 Å². The van der Waals surface area contributed by atoms with Crippen LogP contribution in [0.4, 0.5) is 0 Å². The molecule has 2 nitrogen and oxygen atoms in total. The first kappa shape index (κ1) is 15.5. The molecule has 1 rings (SSSR count). The van der Waals surface area contributed by atoms with Gasteiger partial charge in [0, 0.05) is 5.25 Å². The van der Waals surface area contributed by atoms with Crippen LogP contribution in [0, 0.1) is 3.57 Å². The van der Waals surface area contributed by atoms with E-state index in [4.69, 9.17) is 11.6 Å². The van der Waals surface area contributed by atoms with Crippen LogP contribution in [0.2, 0.25) is 5.15 Å². The highest BCUT2D eigenvalue weighted by molar-refractivity contribution is 14.1. The van der Waals surface area contributed by atoms with E-state index in [2.05, 4.69) is 60.3 Å². The molecular weight excluding hydrogens is 367 g/mol. The molecule has 1 unspecified atom stereocenters. The molecule has 5 heteroatoms. The van der Waals surface area contributed by atoms with Crippen LogP contribution in [0.1, 0.15) is 51.6 Å². The Morgan fingerprint density at radius 3 is 2.47 bits per heavy atom. The van der Waals surface area contributed by atoms with Crippen molar-refractivity contribution in [2.24, 2.45) is 0 Å². The zero-order valence-corrected chi connectivity index (χ0v) is 14.4. The summed E-state index contributed by atoms with van der Waals surface area (Å²) < 4.78 is 0.983. The van der Waals surface area contributed by atoms with Crippen molar-refractivity contribution in [1.82, 2.24) is 9.97 Å². The molecule has 0 aliphatic rings. The van der Waals surface area contributed by atoms with Crippen molar-refractivity contribution >= 4 is 46.0 Å². The Morgan fingerprint density at radius 2 is 1.94 bits per heavy atom. The Kier molecular flexibility index (Phi) is 6.51. The monoisotopic (exact) mass is 384 g/mol. The molecule has 1 heterocycles. The predicted octanol–water partition coefficient (Wildman–Crippen LogP) is 4.89. The van der Waals surface area contributed by atoms with Crippen LogP contribution in [0.15, 0.2) is 0 Å². The van der Waals surface area contributed by atoms with Gasteiger partial charge < -0.3 is 0 Å². The van der Waals surface area contributed by atoms with E-state index < -0.39 is 0 Å². The van der Waals surface area contributed by atoms with E-state index in [1.165, 1.54) is 6.42 Å². The molecule has 0 bridgehead atoms. The number of thioether (sulfide) groups is 1. The third kappa shape index (κ3) is 4.56. The number of rotatable bonds is 5.